The molecule has 0 spiro atoms. The summed E-state index contributed by atoms with van der Waals surface area (Å²) in [7, 11) is -3.78. The van der Waals surface area contributed by atoms with E-state index in [1.165, 1.54) is 6.07 Å². The van der Waals surface area contributed by atoms with Crippen molar-refractivity contribution in [1.29, 1.82) is 0 Å². The second-order valence-corrected chi connectivity index (χ2v) is 6.94. The lowest BCUT2D eigenvalue weighted by molar-refractivity contribution is 0.0673. The Morgan fingerprint density at radius 1 is 1.45 bits per heavy atom. The Balaban J connectivity index is 2.91. The lowest BCUT2D eigenvalue weighted by Crippen LogP contribution is -2.33. The first kappa shape index (κ1) is 17.1. The first-order valence-electron chi connectivity index (χ1n) is 6.31. The highest BCUT2D eigenvalue weighted by atomic mass is 32.2. The van der Waals surface area contributed by atoms with E-state index in [0.29, 0.717) is 36.1 Å². The molecule has 0 fully saturated rings. The summed E-state index contributed by atoms with van der Waals surface area (Å²) in [4.78, 5) is 14.9. The van der Waals surface area contributed by atoms with E-state index in [1.807, 2.05) is 13.8 Å². The molecule has 1 aromatic rings. The maximum Gasteiger partial charge on any atom is 0.264 e. The average molecular weight is 320 g/mol. The third-order valence-corrected chi connectivity index (χ3v) is 4.97. The second kappa shape index (κ2) is 7.16. The zero-order valence-corrected chi connectivity index (χ0v) is 13.5. The van der Waals surface area contributed by atoms with Gasteiger partial charge in [-0.2, -0.15) is 0 Å². The van der Waals surface area contributed by atoms with Gasteiger partial charge >= 0.3 is 0 Å². The number of rotatable bonds is 7. The summed E-state index contributed by atoms with van der Waals surface area (Å²) in [5, 5.41) is 5.11. The number of nitrogens with zero attached hydrogens (tertiary/aromatic N) is 1. The van der Waals surface area contributed by atoms with E-state index >= 15 is 0 Å². The van der Waals surface area contributed by atoms with Gasteiger partial charge in [0, 0.05) is 24.6 Å². The van der Waals surface area contributed by atoms with Crippen LogP contribution < -0.4 is 5.14 Å². The highest BCUT2D eigenvalue weighted by Gasteiger charge is 2.22. The van der Waals surface area contributed by atoms with Crippen LogP contribution >= 0.6 is 11.3 Å². The summed E-state index contributed by atoms with van der Waals surface area (Å²) in [6.45, 7) is 7.46. The lowest BCUT2D eigenvalue weighted by atomic mass is 10.3. The van der Waals surface area contributed by atoms with Crippen LogP contribution in [0, 0.1) is 6.92 Å². The number of carbonyl (C=O) groups excluding carboxylic acids is 1. The van der Waals surface area contributed by atoms with Crippen molar-refractivity contribution in [3.05, 3.63) is 15.8 Å². The number of sulfonamides is 1. The summed E-state index contributed by atoms with van der Waals surface area (Å²) < 4.78 is 28.0. The SMILES string of the molecule is CCOCCN(CC)C(=O)c1cc(S(N)(=O)=O)c(C)s1. The number of ether oxygens (including phenoxy) is 1. The molecule has 1 rings (SSSR count). The normalized spacial score (nSPS) is 11.6. The Bertz CT molecular complexity index is 566. The highest BCUT2D eigenvalue weighted by Crippen LogP contribution is 2.25. The van der Waals surface area contributed by atoms with Crippen molar-refractivity contribution in [2.45, 2.75) is 25.7 Å². The van der Waals surface area contributed by atoms with Crippen LogP contribution in [0.15, 0.2) is 11.0 Å². The number of nitrogens with two attached hydrogens (primary N) is 1. The minimum atomic E-state index is -3.78. The smallest absolute Gasteiger partial charge is 0.264 e. The average Bonchev–Trinajstić information content (AvgIpc) is 2.76. The van der Waals surface area contributed by atoms with E-state index in [0.717, 1.165) is 11.3 Å². The van der Waals surface area contributed by atoms with E-state index in [9.17, 15) is 13.2 Å². The Morgan fingerprint density at radius 2 is 2.10 bits per heavy atom. The number of likely N-dealkylation sites (N-methyl/N-ethyl adjacent to an activating group) is 1. The summed E-state index contributed by atoms with van der Waals surface area (Å²) in [6.07, 6.45) is 0. The molecule has 20 heavy (non-hydrogen) atoms. The number of primary sulfonamides is 1. The molecule has 8 heteroatoms. The zero-order valence-electron chi connectivity index (χ0n) is 11.9. The third kappa shape index (κ3) is 4.27. The predicted octanol–water partition coefficient (Wildman–Crippen LogP) is 1.20. The van der Waals surface area contributed by atoms with Crippen LogP contribution in [0.2, 0.25) is 0 Å². The van der Waals surface area contributed by atoms with Gasteiger partial charge in [-0.3, -0.25) is 4.79 Å². The zero-order chi connectivity index (χ0) is 15.3. The van der Waals surface area contributed by atoms with Crippen molar-refractivity contribution in [2.24, 2.45) is 5.14 Å². The summed E-state index contributed by atoms with van der Waals surface area (Å²) in [6, 6.07) is 1.35. The molecule has 0 saturated heterocycles. The fraction of sp³-hybridized carbons (Fsp3) is 0.583. The minimum Gasteiger partial charge on any atom is -0.380 e. The molecule has 114 valence electrons. The molecule has 0 aliphatic carbocycles. The number of aryl methyl sites for hydroxylation is 1. The summed E-state index contributed by atoms with van der Waals surface area (Å²) in [5.41, 5.74) is 0. The Morgan fingerprint density at radius 3 is 2.55 bits per heavy atom. The number of hydrogen-bond donors (Lipinski definition) is 1. The van der Waals surface area contributed by atoms with Crippen LogP contribution in [0.1, 0.15) is 28.4 Å². The van der Waals surface area contributed by atoms with Crippen LogP contribution in [-0.4, -0.2) is 45.5 Å². The molecular formula is C12H20N2O4S2. The van der Waals surface area contributed by atoms with Gasteiger partial charge in [0.15, 0.2) is 0 Å². The number of carbonyl (C=O) groups is 1. The van der Waals surface area contributed by atoms with E-state index in [2.05, 4.69) is 0 Å². The summed E-state index contributed by atoms with van der Waals surface area (Å²) >= 11 is 1.14. The van der Waals surface area contributed by atoms with E-state index in [-0.39, 0.29) is 10.8 Å². The molecular weight excluding hydrogens is 300 g/mol. The quantitative estimate of drug-likeness (QED) is 0.764. The van der Waals surface area contributed by atoms with Crippen molar-refractivity contribution in [2.75, 3.05) is 26.3 Å². The van der Waals surface area contributed by atoms with Gasteiger partial charge in [0.2, 0.25) is 10.0 Å². The van der Waals surface area contributed by atoms with Crippen molar-refractivity contribution >= 4 is 27.3 Å². The molecule has 0 bridgehead atoms. The van der Waals surface area contributed by atoms with Gasteiger partial charge in [0.1, 0.15) is 0 Å². The molecule has 1 aromatic heterocycles. The van der Waals surface area contributed by atoms with Gasteiger partial charge in [-0.1, -0.05) is 0 Å². The fourth-order valence-corrected chi connectivity index (χ4v) is 3.84. The van der Waals surface area contributed by atoms with Crippen LogP contribution in [0.5, 0.6) is 0 Å². The van der Waals surface area contributed by atoms with Gasteiger partial charge in [0.25, 0.3) is 5.91 Å². The first-order valence-corrected chi connectivity index (χ1v) is 8.67. The van der Waals surface area contributed by atoms with E-state index in [1.54, 1.807) is 11.8 Å². The van der Waals surface area contributed by atoms with Crippen LogP contribution in [0.3, 0.4) is 0 Å². The standard InChI is InChI=1S/C12H20N2O4S2/c1-4-14(6-7-18-5-2)12(15)10-8-11(9(3)19-10)20(13,16)17/h8H,4-7H2,1-3H3,(H2,13,16,17). The van der Waals surface area contributed by atoms with Gasteiger partial charge < -0.3 is 9.64 Å². The van der Waals surface area contributed by atoms with Crippen molar-refractivity contribution in [1.82, 2.24) is 4.90 Å². The Hall–Kier alpha value is -0.960. The molecule has 0 aliphatic rings. The number of amides is 1. The third-order valence-electron chi connectivity index (χ3n) is 2.77. The Labute approximate surface area is 123 Å². The van der Waals surface area contributed by atoms with E-state index < -0.39 is 10.0 Å². The molecule has 0 saturated carbocycles. The molecule has 0 atom stereocenters. The molecule has 1 amide bonds. The predicted molar refractivity (Wildman–Crippen MR) is 78.5 cm³/mol. The molecule has 1 heterocycles. The lowest BCUT2D eigenvalue weighted by Gasteiger charge is -2.19. The second-order valence-electron chi connectivity index (χ2n) is 4.16. The maximum atomic E-state index is 12.3. The van der Waals surface area contributed by atoms with Crippen molar-refractivity contribution in [3.8, 4) is 0 Å². The molecule has 0 radical (unpaired) electrons. The maximum absolute atomic E-state index is 12.3. The molecule has 0 aromatic carbocycles. The molecule has 0 unspecified atom stereocenters. The van der Waals surface area contributed by atoms with Crippen LogP contribution in [0.25, 0.3) is 0 Å². The monoisotopic (exact) mass is 320 g/mol. The summed E-state index contributed by atoms with van der Waals surface area (Å²) in [5.74, 6) is -0.199. The number of thiophene rings is 1. The molecule has 6 nitrogen and oxygen atoms in total. The Kier molecular flexibility index (Phi) is 6.12. The largest absolute Gasteiger partial charge is 0.380 e. The molecule has 2 N–H and O–H groups in total. The number of hydrogen-bond acceptors (Lipinski definition) is 5. The van der Waals surface area contributed by atoms with Crippen molar-refractivity contribution < 1.29 is 17.9 Å². The van der Waals surface area contributed by atoms with Crippen LogP contribution in [0.4, 0.5) is 0 Å². The topological polar surface area (TPSA) is 89.7 Å². The first-order chi connectivity index (χ1) is 9.31. The van der Waals surface area contributed by atoms with Gasteiger partial charge in [-0.05, 0) is 26.8 Å². The molecule has 0 aliphatic heterocycles. The van der Waals surface area contributed by atoms with Crippen molar-refractivity contribution in [3.63, 3.8) is 0 Å². The van der Waals surface area contributed by atoms with E-state index in [4.69, 9.17) is 9.88 Å². The van der Waals surface area contributed by atoms with Gasteiger partial charge in [-0.15, -0.1) is 11.3 Å². The van der Waals surface area contributed by atoms with Crippen LogP contribution in [-0.2, 0) is 14.8 Å². The fourth-order valence-electron chi connectivity index (χ4n) is 1.73. The van der Waals surface area contributed by atoms with Gasteiger partial charge in [0.05, 0.1) is 16.4 Å². The minimum absolute atomic E-state index is 0.0201. The van der Waals surface area contributed by atoms with Gasteiger partial charge in [-0.25, -0.2) is 13.6 Å². The highest BCUT2D eigenvalue weighted by molar-refractivity contribution is 7.89.